The van der Waals surface area contributed by atoms with Crippen LogP contribution >= 0.6 is 0 Å². The standard InChI is InChI=1S/C13H18O3/c1-9-4-2-3-5-11(9)13-12(15)7-6-10(8-14)16-13/h4,6-7,10-11,13-14H,2-3,5,8H2,1H3/t10-,11?,13+/m0/s1. The van der Waals surface area contributed by atoms with E-state index in [1.807, 2.05) is 0 Å². The van der Waals surface area contributed by atoms with Gasteiger partial charge in [0, 0.05) is 5.92 Å². The van der Waals surface area contributed by atoms with Crippen molar-refractivity contribution in [2.24, 2.45) is 5.92 Å². The summed E-state index contributed by atoms with van der Waals surface area (Å²) in [5, 5.41) is 9.06. The fourth-order valence-corrected chi connectivity index (χ4v) is 2.43. The zero-order valence-corrected chi connectivity index (χ0v) is 9.56. The first-order chi connectivity index (χ1) is 7.72. The SMILES string of the molecule is CC1=CCCCC1[C@H]1O[C@H](CO)C=CC1=O. The van der Waals surface area contributed by atoms with Gasteiger partial charge in [0.2, 0.25) is 0 Å². The van der Waals surface area contributed by atoms with Gasteiger partial charge in [-0.1, -0.05) is 11.6 Å². The summed E-state index contributed by atoms with van der Waals surface area (Å²) in [6.45, 7) is 2.00. The minimum absolute atomic E-state index is 0.0318. The van der Waals surface area contributed by atoms with E-state index in [0.29, 0.717) is 0 Å². The molecule has 2 rings (SSSR count). The summed E-state index contributed by atoms with van der Waals surface area (Å²) in [6.07, 6.45) is 7.89. The van der Waals surface area contributed by atoms with E-state index in [4.69, 9.17) is 9.84 Å². The van der Waals surface area contributed by atoms with Crippen molar-refractivity contribution in [3.05, 3.63) is 23.8 Å². The molecule has 0 aromatic heterocycles. The molecule has 0 aromatic carbocycles. The first-order valence-electron chi connectivity index (χ1n) is 5.87. The first-order valence-corrected chi connectivity index (χ1v) is 5.87. The smallest absolute Gasteiger partial charge is 0.184 e. The van der Waals surface area contributed by atoms with Crippen LogP contribution in [0.1, 0.15) is 26.2 Å². The fourth-order valence-electron chi connectivity index (χ4n) is 2.43. The zero-order chi connectivity index (χ0) is 11.5. The molecule has 1 aliphatic heterocycles. The summed E-state index contributed by atoms with van der Waals surface area (Å²) < 4.78 is 5.63. The number of hydrogen-bond acceptors (Lipinski definition) is 3. The molecule has 2 aliphatic rings. The number of aliphatic hydroxyl groups is 1. The summed E-state index contributed by atoms with van der Waals surface area (Å²) in [6, 6.07) is 0. The molecule has 1 heterocycles. The number of ether oxygens (including phenoxy) is 1. The van der Waals surface area contributed by atoms with Crippen LogP contribution in [0.4, 0.5) is 0 Å². The molecule has 0 amide bonds. The van der Waals surface area contributed by atoms with Crippen LogP contribution in [0.5, 0.6) is 0 Å². The van der Waals surface area contributed by atoms with Gasteiger partial charge in [0.15, 0.2) is 5.78 Å². The van der Waals surface area contributed by atoms with E-state index < -0.39 is 6.10 Å². The average Bonchev–Trinajstić information content (AvgIpc) is 2.31. The van der Waals surface area contributed by atoms with Gasteiger partial charge in [-0.15, -0.1) is 0 Å². The Balaban J connectivity index is 2.14. The Morgan fingerprint density at radius 2 is 2.38 bits per heavy atom. The minimum atomic E-state index is -0.390. The summed E-state index contributed by atoms with van der Waals surface area (Å²) in [5.41, 5.74) is 1.25. The molecule has 0 aromatic rings. The van der Waals surface area contributed by atoms with Gasteiger partial charge in [-0.05, 0) is 38.3 Å². The third-order valence-electron chi connectivity index (χ3n) is 3.39. The number of hydrogen-bond donors (Lipinski definition) is 1. The first kappa shape index (κ1) is 11.6. The zero-order valence-electron chi connectivity index (χ0n) is 9.56. The molecule has 1 aliphatic carbocycles. The highest BCUT2D eigenvalue weighted by Gasteiger charge is 2.33. The highest BCUT2D eigenvalue weighted by Crippen LogP contribution is 2.31. The molecule has 0 saturated carbocycles. The number of aliphatic hydroxyl groups excluding tert-OH is 1. The summed E-state index contributed by atoms with van der Waals surface area (Å²) in [5.74, 6) is 0.226. The topological polar surface area (TPSA) is 46.5 Å². The van der Waals surface area contributed by atoms with Gasteiger partial charge >= 0.3 is 0 Å². The maximum absolute atomic E-state index is 11.8. The van der Waals surface area contributed by atoms with Crippen molar-refractivity contribution in [3.63, 3.8) is 0 Å². The number of carbonyl (C=O) groups excluding carboxylic acids is 1. The largest absolute Gasteiger partial charge is 0.393 e. The normalized spacial score (nSPS) is 35.0. The average molecular weight is 222 g/mol. The molecule has 16 heavy (non-hydrogen) atoms. The van der Waals surface area contributed by atoms with Gasteiger partial charge in [-0.3, -0.25) is 4.79 Å². The maximum Gasteiger partial charge on any atom is 0.184 e. The van der Waals surface area contributed by atoms with Crippen molar-refractivity contribution >= 4 is 5.78 Å². The van der Waals surface area contributed by atoms with E-state index in [1.165, 1.54) is 5.57 Å². The summed E-state index contributed by atoms with van der Waals surface area (Å²) >= 11 is 0. The molecule has 0 bridgehead atoms. The molecule has 0 fully saturated rings. The number of rotatable bonds is 2. The minimum Gasteiger partial charge on any atom is -0.393 e. The predicted molar refractivity (Wildman–Crippen MR) is 61.0 cm³/mol. The molecule has 0 radical (unpaired) electrons. The monoisotopic (exact) mass is 222 g/mol. The van der Waals surface area contributed by atoms with Gasteiger partial charge in [0.1, 0.15) is 12.2 Å². The summed E-state index contributed by atoms with van der Waals surface area (Å²) in [7, 11) is 0. The fraction of sp³-hybridized carbons (Fsp3) is 0.615. The van der Waals surface area contributed by atoms with Crippen molar-refractivity contribution in [1.82, 2.24) is 0 Å². The lowest BCUT2D eigenvalue weighted by molar-refractivity contribution is -0.135. The molecule has 1 N–H and O–H groups in total. The molecule has 3 nitrogen and oxygen atoms in total. The quantitative estimate of drug-likeness (QED) is 0.722. The van der Waals surface area contributed by atoms with Crippen molar-refractivity contribution in [2.45, 2.75) is 38.4 Å². The predicted octanol–water partition coefficient (Wildman–Crippen LogP) is 1.62. The van der Waals surface area contributed by atoms with Crippen LogP contribution in [-0.4, -0.2) is 29.7 Å². The van der Waals surface area contributed by atoms with E-state index in [0.717, 1.165) is 19.3 Å². The molecular weight excluding hydrogens is 204 g/mol. The molecule has 1 unspecified atom stereocenters. The molecule has 88 valence electrons. The van der Waals surface area contributed by atoms with Crippen LogP contribution in [-0.2, 0) is 9.53 Å². The van der Waals surface area contributed by atoms with Crippen LogP contribution in [0.2, 0.25) is 0 Å². The second kappa shape index (κ2) is 4.93. The Labute approximate surface area is 95.8 Å². The van der Waals surface area contributed by atoms with E-state index >= 15 is 0 Å². The third-order valence-corrected chi connectivity index (χ3v) is 3.39. The van der Waals surface area contributed by atoms with Gasteiger partial charge in [0.05, 0.1) is 6.61 Å². The molecule has 3 atom stereocenters. The van der Waals surface area contributed by atoms with Crippen LogP contribution in [0.25, 0.3) is 0 Å². The second-order valence-corrected chi connectivity index (χ2v) is 4.52. The van der Waals surface area contributed by atoms with Crippen LogP contribution in [0.15, 0.2) is 23.8 Å². The van der Waals surface area contributed by atoms with Crippen LogP contribution < -0.4 is 0 Å². The van der Waals surface area contributed by atoms with E-state index in [2.05, 4.69) is 13.0 Å². The number of carbonyl (C=O) groups is 1. The van der Waals surface area contributed by atoms with E-state index in [-0.39, 0.29) is 24.4 Å². The molecule has 0 saturated heterocycles. The summed E-state index contributed by atoms with van der Waals surface area (Å²) in [4.78, 5) is 11.8. The number of ketones is 1. The highest BCUT2D eigenvalue weighted by molar-refractivity contribution is 5.94. The second-order valence-electron chi connectivity index (χ2n) is 4.52. The van der Waals surface area contributed by atoms with E-state index in [9.17, 15) is 4.79 Å². The molecule has 0 spiro atoms. The van der Waals surface area contributed by atoms with Gasteiger partial charge < -0.3 is 9.84 Å². The lowest BCUT2D eigenvalue weighted by atomic mass is 9.82. The molecular formula is C13H18O3. The van der Waals surface area contributed by atoms with Crippen molar-refractivity contribution in [2.75, 3.05) is 6.61 Å². The lowest BCUT2D eigenvalue weighted by Gasteiger charge is -2.32. The third kappa shape index (κ3) is 2.25. The van der Waals surface area contributed by atoms with Gasteiger partial charge in [0.25, 0.3) is 0 Å². The Hall–Kier alpha value is -0.930. The molecule has 3 heteroatoms. The van der Waals surface area contributed by atoms with Gasteiger partial charge in [-0.25, -0.2) is 0 Å². The Morgan fingerprint density at radius 3 is 3.06 bits per heavy atom. The van der Waals surface area contributed by atoms with Crippen molar-refractivity contribution < 1.29 is 14.6 Å². The Bertz CT molecular complexity index is 330. The van der Waals surface area contributed by atoms with Crippen LogP contribution in [0, 0.1) is 5.92 Å². The lowest BCUT2D eigenvalue weighted by Crippen LogP contribution is -2.40. The van der Waals surface area contributed by atoms with Crippen molar-refractivity contribution in [1.29, 1.82) is 0 Å². The van der Waals surface area contributed by atoms with Crippen molar-refractivity contribution in [3.8, 4) is 0 Å². The van der Waals surface area contributed by atoms with Crippen LogP contribution in [0.3, 0.4) is 0 Å². The Morgan fingerprint density at radius 1 is 1.56 bits per heavy atom. The Kier molecular flexibility index (Phi) is 3.56. The number of allylic oxidation sites excluding steroid dienone is 1. The maximum atomic E-state index is 11.8. The van der Waals surface area contributed by atoms with E-state index in [1.54, 1.807) is 12.2 Å². The van der Waals surface area contributed by atoms with Gasteiger partial charge in [-0.2, -0.15) is 0 Å². The highest BCUT2D eigenvalue weighted by atomic mass is 16.5.